The Kier molecular flexibility index (Phi) is 18.5. The van der Waals surface area contributed by atoms with Crippen LogP contribution in [0.3, 0.4) is 0 Å². The first kappa shape index (κ1) is 42.3. The number of carbonyl (C=O) groups excluding carboxylic acids is 2. The monoisotopic (exact) mass is 690 g/mol. The zero-order valence-corrected chi connectivity index (χ0v) is 30.5. The second kappa shape index (κ2) is 21.4. The van der Waals surface area contributed by atoms with E-state index in [0.29, 0.717) is 50.5 Å². The van der Waals surface area contributed by atoms with Crippen molar-refractivity contribution in [3.63, 3.8) is 0 Å². The third-order valence-corrected chi connectivity index (χ3v) is 10.5. The first-order valence-corrected chi connectivity index (χ1v) is 18.3. The second-order valence-corrected chi connectivity index (χ2v) is 14.9. The van der Waals surface area contributed by atoms with E-state index < -0.39 is 41.7 Å². The Morgan fingerprint density at radius 1 is 1.04 bits per heavy atom. The third kappa shape index (κ3) is 14.9. The Balaban J connectivity index is 1.71. The van der Waals surface area contributed by atoms with Crippen molar-refractivity contribution in [2.24, 2.45) is 33.8 Å². The lowest BCUT2D eigenvalue weighted by Crippen LogP contribution is -2.52. The van der Waals surface area contributed by atoms with Crippen molar-refractivity contribution in [2.45, 2.75) is 160 Å². The number of amides is 1. The second-order valence-electron chi connectivity index (χ2n) is 14.9. The minimum atomic E-state index is -1.66. The number of unbranched alkanes of at least 4 members (excludes halogenated alkanes) is 1. The summed E-state index contributed by atoms with van der Waals surface area (Å²) in [6, 6.07) is -1.83. The van der Waals surface area contributed by atoms with Crippen LogP contribution in [0.15, 0.2) is 33.7 Å². The lowest BCUT2D eigenvalue weighted by molar-refractivity contribution is -0.148. The number of carboxylic acids is 1. The van der Waals surface area contributed by atoms with Gasteiger partial charge in [-0.25, -0.2) is 4.79 Å². The first-order chi connectivity index (χ1) is 23.2. The van der Waals surface area contributed by atoms with E-state index in [1.165, 1.54) is 17.6 Å². The Morgan fingerprint density at radius 3 is 2.43 bits per heavy atom. The largest absolute Gasteiger partial charge is 0.480 e. The molecule has 4 N–H and O–H groups in total. The van der Waals surface area contributed by atoms with Crippen LogP contribution in [0.2, 0.25) is 0 Å². The van der Waals surface area contributed by atoms with Gasteiger partial charge in [-0.15, -0.1) is 0 Å². The number of aliphatic carboxylic acids is 1. The van der Waals surface area contributed by atoms with Crippen LogP contribution in [0.1, 0.15) is 130 Å². The van der Waals surface area contributed by atoms with Crippen LogP contribution in [-0.2, 0) is 19.1 Å². The molecule has 2 aliphatic rings. The number of aliphatic hydroxyl groups is 1. The molecule has 1 aliphatic heterocycles. The summed E-state index contributed by atoms with van der Waals surface area (Å²) in [7, 11) is 1.44. The van der Waals surface area contributed by atoms with Crippen LogP contribution in [0.25, 0.3) is 0 Å². The predicted octanol–water partition coefficient (Wildman–Crippen LogP) is 6.82. The molecule has 1 aliphatic carbocycles. The molecule has 1 saturated heterocycles. The minimum Gasteiger partial charge on any atom is -0.480 e. The highest BCUT2D eigenvalue weighted by Crippen LogP contribution is 2.30. The van der Waals surface area contributed by atoms with E-state index in [4.69, 9.17) is 10.5 Å². The van der Waals surface area contributed by atoms with E-state index >= 15 is 0 Å². The number of carboxylic acid groups (broad SMARTS) is 1. The smallest absolute Gasteiger partial charge is 0.326 e. The molecule has 49 heavy (non-hydrogen) atoms. The van der Waals surface area contributed by atoms with Gasteiger partial charge in [-0.1, -0.05) is 53.9 Å². The van der Waals surface area contributed by atoms with E-state index in [-0.39, 0.29) is 31.1 Å². The highest BCUT2D eigenvalue weighted by atomic mass is 16.5. The molecule has 278 valence electrons. The van der Waals surface area contributed by atoms with Gasteiger partial charge in [-0.2, -0.15) is 9.81 Å². The number of Topliss-reactive ketones (excluding diaryl/α,β-unsaturated/α-hetero) is 1. The van der Waals surface area contributed by atoms with Crippen LogP contribution >= 0.6 is 0 Å². The lowest BCUT2D eigenvalue weighted by atomic mass is 9.84. The van der Waals surface area contributed by atoms with Crippen molar-refractivity contribution >= 4 is 17.7 Å². The molecule has 2 unspecified atom stereocenters. The Bertz CT molecular complexity index is 1160. The zero-order chi connectivity index (χ0) is 36.6. The number of hydrogen-bond donors (Lipinski definition) is 3. The normalized spacial score (nSPS) is 24.1. The fraction of sp³-hybridized carbons (Fsp3) is 0.811. The number of carbonyl (C=O) groups is 3. The summed E-state index contributed by atoms with van der Waals surface area (Å²) in [4.78, 5) is 60.7. The lowest BCUT2D eigenvalue weighted by Gasteiger charge is -2.34. The Morgan fingerprint density at radius 2 is 1.78 bits per heavy atom. The molecular weight excluding hydrogens is 628 g/mol. The maximum absolute atomic E-state index is 12.8. The fourth-order valence-electron chi connectivity index (χ4n) is 7.40. The topological polar surface area (TPSA) is 189 Å². The molecule has 0 spiro atoms. The summed E-state index contributed by atoms with van der Waals surface area (Å²) in [6.07, 6.45) is 13.6. The molecule has 12 heteroatoms. The van der Waals surface area contributed by atoms with Gasteiger partial charge in [-0.3, -0.25) is 9.59 Å². The van der Waals surface area contributed by atoms with Crippen LogP contribution in [-0.4, -0.2) is 76.4 Å². The molecule has 1 saturated carbocycles. The van der Waals surface area contributed by atoms with Gasteiger partial charge in [0.2, 0.25) is 5.91 Å². The number of ketones is 1. The molecule has 0 aromatic heterocycles. The minimum absolute atomic E-state index is 0.0500. The standard InChI is InChI=1S/C37H62N4O8/c1-25(14-16-31(42)17-15-26(2)20-27(3)21-29-11-8-12-30(23-29)39-47)10-6-7-18-37(38,46)34(49-5)22-28(4)32(40-48)24-35(43)41-19-9-13-33(41)36(44)45/h14,21,26,28-30,32-34,46H,6-13,15-20,22-24,38H2,1-5H3,(H,44,45)/b25-14+,27-21+/t26?,28-,29+,30+,32+,33+,34+,37?/m1/s1. The number of methoxy groups -OCH3 is 1. The van der Waals surface area contributed by atoms with Gasteiger partial charge in [-0.05, 0) is 109 Å². The average molecular weight is 691 g/mol. The molecule has 2 rings (SSSR count). The molecule has 8 atom stereocenters. The number of nitrogens with zero attached hydrogens (tertiary/aromatic N) is 3. The molecular formula is C37H62N4O8. The number of ether oxygens (including phenoxy) is 1. The van der Waals surface area contributed by atoms with E-state index in [9.17, 15) is 34.4 Å². The summed E-state index contributed by atoms with van der Waals surface area (Å²) in [6.45, 7) is 8.42. The molecule has 0 radical (unpaired) electrons. The number of nitroso groups, excluding NO2 is 2. The third-order valence-electron chi connectivity index (χ3n) is 10.5. The molecule has 0 bridgehead atoms. The van der Waals surface area contributed by atoms with Crippen LogP contribution < -0.4 is 5.73 Å². The van der Waals surface area contributed by atoms with Crippen LogP contribution in [0.4, 0.5) is 0 Å². The molecule has 1 heterocycles. The number of rotatable bonds is 23. The number of likely N-dealkylation sites (tertiary alicyclic amines) is 1. The average Bonchev–Trinajstić information content (AvgIpc) is 3.57. The number of hydrogen-bond acceptors (Lipinski definition) is 10. The van der Waals surface area contributed by atoms with Crippen LogP contribution in [0, 0.1) is 27.6 Å². The SMILES string of the molecule is CO[C@@H](C[C@@H](C)[C@H](CC(=O)N1CCC[C@H]1C(=O)O)N=O)C(N)(O)CCCC/C(C)=C/CC(=O)CCC(C)C/C(C)=C/[C@@H]1CCC[C@H](N=O)C1. The van der Waals surface area contributed by atoms with Crippen molar-refractivity contribution in [2.75, 3.05) is 13.7 Å². The molecule has 0 aromatic carbocycles. The predicted molar refractivity (Wildman–Crippen MR) is 190 cm³/mol. The van der Waals surface area contributed by atoms with Gasteiger partial charge in [0.15, 0.2) is 0 Å². The van der Waals surface area contributed by atoms with Gasteiger partial charge < -0.3 is 25.6 Å². The molecule has 2 fully saturated rings. The highest BCUT2D eigenvalue weighted by molar-refractivity contribution is 5.84. The quantitative estimate of drug-likeness (QED) is 0.0447. The van der Waals surface area contributed by atoms with E-state index in [1.54, 1.807) is 6.92 Å². The van der Waals surface area contributed by atoms with Crippen LogP contribution in [0.5, 0.6) is 0 Å². The molecule has 12 nitrogen and oxygen atoms in total. The summed E-state index contributed by atoms with van der Waals surface area (Å²) >= 11 is 0. The van der Waals surface area contributed by atoms with Gasteiger partial charge >= 0.3 is 5.97 Å². The van der Waals surface area contributed by atoms with E-state index in [2.05, 4.69) is 30.3 Å². The highest BCUT2D eigenvalue weighted by Gasteiger charge is 2.38. The van der Waals surface area contributed by atoms with Crippen molar-refractivity contribution in [1.29, 1.82) is 0 Å². The Hall–Kier alpha value is -2.83. The number of nitrogens with two attached hydrogens (primary N) is 1. The van der Waals surface area contributed by atoms with Crippen molar-refractivity contribution in [3.05, 3.63) is 33.1 Å². The molecule has 1 amide bonds. The fourth-order valence-corrected chi connectivity index (χ4v) is 7.40. The molecule has 0 aromatic rings. The summed E-state index contributed by atoms with van der Waals surface area (Å²) in [5, 5.41) is 26.8. The zero-order valence-electron chi connectivity index (χ0n) is 30.5. The first-order valence-electron chi connectivity index (χ1n) is 18.3. The van der Waals surface area contributed by atoms with E-state index in [1.807, 2.05) is 13.0 Å². The number of allylic oxidation sites excluding steroid dienone is 4. The van der Waals surface area contributed by atoms with Gasteiger partial charge in [0.25, 0.3) is 0 Å². The Labute approximate surface area is 292 Å². The van der Waals surface area contributed by atoms with E-state index in [0.717, 1.165) is 56.9 Å². The summed E-state index contributed by atoms with van der Waals surface area (Å²) in [5.41, 5.74) is 7.06. The van der Waals surface area contributed by atoms with Crippen molar-refractivity contribution in [1.82, 2.24) is 4.90 Å². The summed E-state index contributed by atoms with van der Waals surface area (Å²) in [5.74, 6) is -0.842. The van der Waals surface area contributed by atoms with Gasteiger partial charge in [0, 0.05) is 26.5 Å². The van der Waals surface area contributed by atoms with Crippen molar-refractivity contribution in [3.8, 4) is 0 Å². The summed E-state index contributed by atoms with van der Waals surface area (Å²) < 4.78 is 5.52. The van der Waals surface area contributed by atoms with Crippen molar-refractivity contribution < 1.29 is 29.3 Å². The maximum atomic E-state index is 12.8. The maximum Gasteiger partial charge on any atom is 0.326 e. The van der Waals surface area contributed by atoms with Gasteiger partial charge in [0.1, 0.15) is 23.6 Å². The van der Waals surface area contributed by atoms with Gasteiger partial charge in [0.05, 0.1) is 18.6 Å².